The van der Waals surface area contributed by atoms with Crippen molar-refractivity contribution in [3.05, 3.63) is 35.0 Å². The van der Waals surface area contributed by atoms with Crippen LogP contribution in [0.4, 0.5) is 0 Å². The molecule has 0 bridgehead atoms. The molecule has 0 spiro atoms. The van der Waals surface area contributed by atoms with Gasteiger partial charge in [-0.2, -0.15) is 0 Å². The van der Waals surface area contributed by atoms with Gasteiger partial charge in [-0.3, -0.25) is 4.79 Å². The molecule has 0 fully saturated rings. The minimum atomic E-state index is -0.466. The van der Waals surface area contributed by atoms with E-state index in [2.05, 4.69) is 0 Å². The summed E-state index contributed by atoms with van der Waals surface area (Å²) in [6.07, 6.45) is 0.723. The lowest BCUT2D eigenvalue weighted by atomic mass is 9.97. The van der Waals surface area contributed by atoms with Crippen LogP contribution in [0.5, 0.6) is 11.5 Å². The number of aryl methyl sites for hydroxylation is 1. The van der Waals surface area contributed by atoms with Crippen molar-refractivity contribution in [2.75, 3.05) is 13.7 Å². The maximum atomic E-state index is 13.0. The van der Waals surface area contributed by atoms with E-state index in [1.165, 1.54) is 0 Å². The second kappa shape index (κ2) is 8.31. The second-order valence-corrected chi connectivity index (χ2v) is 7.76. The Hall–Kier alpha value is -2.76. The molecule has 0 saturated carbocycles. The molecule has 0 atom stereocenters. The number of Topliss-reactive ketones (excluding diaryl/α,β-unsaturated/α-hetero) is 1. The molecule has 1 aromatic carbocycles. The smallest absolute Gasteiger partial charge is 0.340 e. The maximum Gasteiger partial charge on any atom is 0.340 e. The van der Waals surface area contributed by atoms with Crippen LogP contribution >= 0.6 is 0 Å². The monoisotopic (exact) mass is 399 g/mol. The predicted octanol–water partition coefficient (Wildman–Crippen LogP) is 4.52. The molecule has 6 nitrogen and oxygen atoms in total. The average molecular weight is 399 g/mol. The SMILES string of the molecule is CCOC(=O)c1cc2n(c1C(=O)C(C)C)CCc1cc(OC)c(OC(C)C)cc1-2. The lowest BCUT2D eigenvalue weighted by molar-refractivity contribution is 0.0522. The molecule has 3 rings (SSSR count). The van der Waals surface area contributed by atoms with Gasteiger partial charge in [0.25, 0.3) is 0 Å². The summed E-state index contributed by atoms with van der Waals surface area (Å²) < 4.78 is 18.6. The van der Waals surface area contributed by atoms with E-state index < -0.39 is 5.97 Å². The van der Waals surface area contributed by atoms with Crippen LogP contribution in [0.25, 0.3) is 11.3 Å². The number of carbonyl (C=O) groups is 2. The van der Waals surface area contributed by atoms with Gasteiger partial charge in [-0.05, 0) is 51.0 Å². The van der Waals surface area contributed by atoms with Crippen molar-refractivity contribution in [1.82, 2.24) is 4.57 Å². The van der Waals surface area contributed by atoms with Gasteiger partial charge in [-0.25, -0.2) is 4.79 Å². The number of methoxy groups -OCH3 is 1. The molecule has 29 heavy (non-hydrogen) atoms. The lowest BCUT2D eigenvalue weighted by Gasteiger charge is -2.24. The quantitative estimate of drug-likeness (QED) is 0.506. The van der Waals surface area contributed by atoms with E-state index in [1.54, 1.807) is 20.1 Å². The van der Waals surface area contributed by atoms with Gasteiger partial charge < -0.3 is 18.8 Å². The third-order valence-electron chi connectivity index (χ3n) is 4.98. The molecule has 1 aliphatic rings. The standard InChI is InChI=1S/C23H29NO5/c1-7-28-23(26)17-11-18-16-12-20(29-14(4)5)19(27-6)10-15(16)8-9-24(18)21(17)22(25)13(2)3/h10-14H,7-9H2,1-6H3. The van der Waals surface area contributed by atoms with E-state index in [1.807, 2.05) is 44.4 Å². The number of hydrogen-bond acceptors (Lipinski definition) is 5. The first-order valence-electron chi connectivity index (χ1n) is 10.1. The largest absolute Gasteiger partial charge is 0.493 e. The van der Waals surface area contributed by atoms with E-state index in [0.29, 0.717) is 29.3 Å². The predicted molar refractivity (Wildman–Crippen MR) is 111 cm³/mol. The Morgan fingerprint density at radius 2 is 1.83 bits per heavy atom. The van der Waals surface area contributed by atoms with E-state index >= 15 is 0 Å². The minimum absolute atomic E-state index is 0.00880. The molecule has 0 saturated heterocycles. The number of esters is 1. The molecule has 6 heteroatoms. The van der Waals surface area contributed by atoms with Gasteiger partial charge in [0.15, 0.2) is 17.3 Å². The zero-order valence-electron chi connectivity index (χ0n) is 18.0. The van der Waals surface area contributed by atoms with Crippen molar-refractivity contribution < 1.29 is 23.8 Å². The van der Waals surface area contributed by atoms with Gasteiger partial charge in [-0.15, -0.1) is 0 Å². The summed E-state index contributed by atoms with van der Waals surface area (Å²) in [5.41, 5.74) is 3.63. The molecule has 1 aromatic heterocycles. The van der Waals surface area contributed by atoms with Crippen molar-refractivity contribution in [1.29, 1.82) is 0 Å². The first-order valence-corrected chi connectivity index (χ1v) is 10.1. The molecule has 156 valence electrons. The molecule has 0 unspecified atom stereocenters. The van der Waals surface area contributed by atoms with Crippen molar-refractivity contribution in [3.8, 4) is 22.8 Å². The highest BCUT2D eigenvalue weighted by Gasteiger charge is 2.31. The number of fused-ring (bicyclic) bond motifs is 3. The fraction of sp³-hybridized carbons (Fsp3) is 0.478. The van der Waals surface area contributed by atoms with Crippen LogP contribution < -0.4 is 9.47 Å². The van der Waals surface area contributed by atoms with Crippen LogP contribution in [0.3, 0.4) is 0 Å². The van der Waals surface area contributed by atoms with Crippen LogP contribution in [0.2, 0.25) is 0 Å². The fourth-order valence-corrected chi connectivity index (χ4v) is 3.69. The van der Waals surface area contributed by atoms with Crippen molar-refractivity contribution >= 4 is 11.8 Å². The molecular weight excluding hydrogens is 370 g/mol. The van der Waals surface area contributed by atoms with Crippen molar-refractivity contribution in [3.63, 3.8) is 0 Å². The third kappa shape index (κ3) is 3.88. The molecule has 0 amide bonds. The van der Waals surface area contributed by atoms with Gasteiger partial charge in [0.2, 0.25) is 0 Å². The topological polar surface area (TPSA) is 66.8 Å². The van der Waals surface area contributed by atoms with Gasteiger partial charge in [0.05, 0.1) is 31.1 Å². The highest BCUT2D eigenvalue weighted by atomic mass is 16.5. The van der Waals surface area contributed by atoms with Crippen molar-refractivity contribution in [2.45, 2.75) is 53.7 Å². The molecule has 2 aromatic rings. The minimum Gasteiger partial charge on any atom is -0.493 e. The average Bonchev–Trinajstić information content (AvgIpc) is 3.06. The molecule has 0 radical (unpaired) electrons. The Labute approximate surface area is 171 Å². The Morgan fingerprint density at radius 3 is 2.41 bits per heavy atom. The van der Waals surface area contributed by atoms with Crippen LogP contribution in [0, 0.1) is 5.92 Å². The van der Waals surface area contributed by atoms with Gasteiger partial charge in [0, 0.05) is 23.7 Å². The van der Waals surface area contributed by atoms with Crippen molar-refractivity contribution in [2.24, 2.45) is 5.92 Å². The van der Waals surface area contributed by atoms with Crippen LogP contribution in [0.1, 0.15) is 61.0 Å². The third-order valence-corrected chi connectivity index (χ3v) is 4.98. The number of ketones is 1. The Bertz CT molecular complexity index is 939. The molecule has 2 heterocycles. The van der Waals surface area contributed by atoms with Crippen LogP contribution in [-0.4, -0.2) is 36.1 Å². The summed E-state index contributed by atoms with van der Waals surface area (Å²) in [5, 5.41) is 0. The number of carbonyl (C=O) groups excluding carboxylic acids is 2. The second-order valence-electron chi connectivity index (χ2n) is 7.76. The number of hydrogen-bond donors (Lipinski definition) is 0. The summed E-state index contributed by atoms with van der Waals surface area (Å²) in [6, 6.07) is 5.70. The Kier molecular flexibility index (Phi) is 6.01. The van der Waals surface area contributed by atoms with Crippen LogP contribution in [-0.2, 0) is 17.7 Å². The first-order chi connectivity index (χ1) is 13.8. The maximum absolute atomic E-state index is 13.0. The molecule has 1 aliphatic heterocycles. The van der Waals surface area contributed by atoms with Gasteiger partial charge >= 0.3 is 5.97 Å². The number of benzene rings is 1. The number of ether oxygens (including phenoxy) is 3. The Balaban J connectivity index is 2.21. The van der Waals surface area contributed by atoms with Crippen LogP contribution in [0.15, 0.2) is 18.2 Å². The van der Waals surface area contributed by atoms with E-state index in [4.69, 9.17) is 14.2 Å². The zero-order valence-corrected chi connectivity index (χ0v) is 18.0. The number of nitrogens with zero attached hydrogens (tertiary/aromatic N) is 1. The van der Waals surface area contributed by atoms with E-state index in [0.717, 1.165) is 23.2 Å². The summed E-state index contributed by atoms with van der Waals surface area (Å²) in [4.78, 5) is 25.6. The molecule has 0 N–H and O–H groups in total. The first kappa shape index (κ1) is 21.0. The highest BCUT2D eigenvalue weighted by molar-refractivity contribution is 6.07. The number of aromatic nitrogens is 1. The molecule has 0 aliphatic carbocycles. The normalized spacial score (nSPS) is 12.6. The summed E-state index contributed by atoms with van der Waals surface area (Å²) in [5.74, 6) is 0.577. The van der Waals surface area contributed by atoms with E-state index in [-0.39, 0.29) is 24.4 Å². The highest BCUT2D eigenvalue weighted by Crippen LogP contribution is 2.41. The summed E-state index contributed by atoms with van der Waals surface area (Å²) in [7, 11) is 1.62. The molecular formula is C23H29NO5. The summed E-state index contributed by atoms with van der Waals surface area (Å²) in [6.45, 7) is 10.2. The zero-order chi connectivity index (χ0) is 21.3. The summed E-state index contributed by atoms with van der Waals surface area (Å²) >= 11 is 0. The van der Waals surface area contributed by atoms with Gasteiger partial charge in [0.1, 0.15) is 0 Å². The van der Waals surface area contributed by atoms with E-state index in [9.17, 15) is 9.59 Å². The lowest BCUT2D eigenvalue weighted by Crippen LogP contribution is -2.21. The fourth-order valence-electron chi connectivity index (χ4n) is 3.69. The number of rotatable bonds is 7. The Morgan fingerprint density at radius 1 is 1.10 bits per heavy atom. The van der Waals surface area contributed by atoms with Gasteiger partial charge in [-0.1, -0.05) is 13.8 Å².